The van der Waals surface area contributed by atoms with E-state index in [1.54, 1.807) is 6.07 Å². The molecule has 2 aromatic rings. The summed E-state index contributed by atoms with van der Waals surface area (Å²) in [7, 11) is 0. The molecule has 15 heavy (non-hydrogen) atoms. The Kier molecular flexibility index (Phi) is 1.89. The first-order chi connectivity index (χ1) is 7.02. The van der Waals surface area contributed by atoms with Gasteiger partial charge in [-0.15, -0.1) is 0 Å². The zero-order chi connectivity index (χ0) is 11.1. The number of rotatable bonds is 0. The second kappa shape index (κ2) is 2.98. The summed E-state index contributed by atoms with van der Waals surface area (Å²) in [6.45, 7) is 0. The van der Waals surface area contributed by atoms with Crippen molar-refractivity contribution in [3.63, 3.8) is 0 Å². The summed E-state index contributed by atoms with van der Waals surface area (Å²) < 4.78 is 37.5. The molecule has 0 bridgehead atoms. The Morgan fingerprint density at radius 1 is 1.40 bits per heavy atom. The molecule has 0 aliphatic carbocycles. The van der Waals surface area contributed by atoms with Gasteiger partial charge >= 0.3 is 6.18 Å². The van der Waals surface area contributed by atoms with Crippen LogP contribution in [0, 0.1) is 11.3 Å². The number of hydrogen-bond donors (Lipinski definition) is 1. The lowest BCUT2D eigenvalue weighted by molar-refractivity contribution is -0.136. The second-order valence-corrected chi connectivity index (χ2v) is 2.91. The van der Waals surface area contributed by atoms with Crippen LogP contribution in [0.3, 0.4) is 0 Å². The van der Waals surface area contributed by atoms with Crippen LogP contribution in [0.15, 0.2) is 18.3 Å². The molecule has 0 amide bonds. The molecule has 1 N–H and O–H groups in total. The van der Waals surface area contributed by atoms with Crippen LogP contribution < -0.4 is 0 Å². The van der Waals surface area contributed by atoms with Crippen molar-refractivity contribution in [1.82, 2.24) is 9.97 Å². The molecule has 0 aliphatic heterocycles. The van der Waals surface area contributed by atoms with Crippen LogP contribution in [0.1, 0.15) is 11.3 Å². The molecule has 2 rings (SSSR count). The van der Waals surface area contributed by atoms with E-state index in [-0.39, 0.29) is 16.7 Å². The van der Waals surface area contributed by atoms with E-state index in [0.717, 1.165) is 18.3 Å². The third-order valence-electron chi connectivity index (χ3n) is 1.96. The summed E-state index contributed by atoms with van der Waals surface area (Å²) in [5, 5.41) is 8.46. The Hall–Kier alpha value is -2.03. The van der Waals surface area contributed by atoms with Crippen molar-refractivity contribution in [3.05, 3.63) is 29.6 Å². The predicted octanol–water partition coefficient (Wildman–Crippen LogP) is 2.45. The minimum atomic E-state index is -4.43. The largest absolute Gasteiger partial charge is 0.417 e. The van der Waals surface area contributed by atoms with Gasteiger partial charge < -0.3 is 4.98 Å². The number of aromatic amines is 1. The summed E-state index contributed by atoms with van der Waals surface area (Å²) in [5.41, 5.74) is -0.652. The van der Waals surface area contributed by atoms with E-state index in [0.29, 0.717) is 0 Å². The summed E-state index contributed by atoms with van der Waals surface area (Å²) in [5.74, 6) is 0. The van der Waals surface area contributed by atoms with E-state index in [9.17, 15) is 13.2 Å². The lowest BCUT2D eigenvalue weighted by atomic mass is 10.2. The van der Waals surface area contributed by atoms with Gasteiger partial charge in [0.15, 0.2) is 0 Å². The molecule has 6 heteroatoms. The molecular weight excluding hydrogens is 207 g/mol. The standard InChI is InChI=1S/C9H4F3N3/c10-9(11,12)7-1-2-14-8-6(7)3-5(4-13)15-8/h1-3H,(H,14,15). The number of nitriles is 1. The zero-order valence-corrected chi connectivity index (χ0v) is 7.26. The minimum absolute atomic E-state index is 0.0641. The van der Waals surface area contributed by atoms with Gasteiger partial charge in [-0.2, -0.15) is 18.4 Å². The second-order valence-electron chi connectivity index (χ2n) is 2.91. The quantitative estimate of drug-likeness (QED) is 0.727. The molecule has 2 heterocycles. The number of pyridine rings is 1. The van der Waals surface area contributed by atoms with Gasteiger partial charge in [-0.05, 0) is 12.1 Å². The maximum Gasteiger partial charge on any atom is 0.417 e. The number of fused-ring (bicyclic) bond motifs is 1. The van der Waals surface area contributed by atoms with Gasteiger partial charge in [-0.25, -0.2) is 4.98 Å². The van der Waals surface area contributed by atoms with Crippen LogP contribution >= 0.6 is 0 Å². The summed E-state index contributed by atoms with van der Waals surface area (Å²) in [6.07, 6.45) is -3.38. The number of alkyl halides is 3. The molecule has 0 atom stereocenters. The Morgan fingerprint density at radius 2 is 2.13 bits per heavy atom. The average Bonchev–Trinajstić information content (AvgIpc) is 2.57. The number of nitrogens with one attached hydrogen (secondary N) is 1. The van der Waals surface area contributed by atoms with Crippen LogP contribution in [-0.2, 0) is 6.18 Å². The van der Waals surface area contributed by atoms with E-state index in [2.05, 4.69) is 9.97 Å². The maximum absolute atomic E-state index is 12.5. The number of H-pyrrole nitrogens is 1. The Morgan fingerprint density at radius 3 is 2.73 bits per heavy atom. The fourth-order valence-corrected chi connectivity index (χ4v) is 1.33. The molecule has 0 unspecified atom stereocenters. The van der Waals surface area contributed by atoms with Gasteiger partial charge in [0.25, 0.3) is 0 Å². The van der Waals surface area contributed by atoms with Crippen molar-refractivity contribution < 1.29 is 13.2 Å². The lowest BCUT2D eigenvalue weighted by Crippen LogP contribution is -2.05. The van der Waals surface area contributed by atoms with Crippen molar-refractivity contribution in [2.75, 3.05) is 0 Å². The van der Waals surface area contributed by atoms with Crippen LogP contribution in [0.25, 0.3) is 11.0 Å². The highest BCUT2D eigenvalue weighted by Crippen LogP contribution is 2.34. The highest BCUT2D eigenvalue weighted by Gasteiger charge is 2.33. The van der Waals surface area contributed by atoms with E-state index < -0.39 is 11.7 Å². The highest BCUT2D eigenvalue weighted by molar-refractivity contribution is 5.81. The smallest absolute Gasteiger partial charge is 0.331 e. The molecule has 76 valence electrons. The fourth-order valence-electron chi connectivity index (χ4n) is 1.33. The molecule has 0 fully saturated rings. The van der Waals surface area contributed by atoms with Crippen LogP contribution in [0.2, 0.25) is 0 Å². The first-order valence-electron chi connectivity index (χ1n) is 3.97. The molecule has 0 saturated carbocycles. The average molecular weight is 211 g/mol. The highest BCUT2D eigenvalue weighted by atomic mass is 19.4. The first-order valence-corrected chi connectivity index (χ1v) is 3.97. The van der Waals surface area contributed by atoms with E-state index in [1.165, 1.54) is 0 Å². The van der Waals surface area contributed by atoms with E-state index >= 15 is 0 Å². The topological polar surface area (TPSA) is 52.5 Å². The van der Waals surface area contributed by atoms with Gasteiger partial charge in [-0.1, -0.05) is 0 Å². The minimum Gasteiger partial charge on any atom is -0.331 e. The van der Waals surface area contributed by atoms with Gasteiger partial charge in [0.05, 0.1) is 5.56 Å². The Balaban J connectivity index is 2.77. The molecule has 3 nitrogen and oxygen atoms in total. The van der Waals surface area contributed by atoms with Crippen molar-refractivity contribution in [2.45, 2.75) is 6.18 Å². The number of halogens is 3. The SMILES string of the molecule is N#Cc1cc2c(C(F)(F)F)ccnc2[nH]1. The van der Waals surface area contributed by atoms with Gasteiger partial charge in [-0.3, -0.25) is 0 Å². The van der Waals surface area contributed by atoms with Crippen LogP contribution in [-0.4, -0.2) is 9.97 Å². The third kappa shape index (κ3) is 1.52. The normalized spacial score (nSPS) is 11.6. The van der Waals surface area contributed by atoms with E-state index in [4.69, 9.17) is 5.26 Å². The van der Waals surface area contributed by atoms with Gasteiger partial charge in [0.1, 0.15) is 17.4 Å². The van der Waals surface area contributed by atoms with Crippen LogP contribution in [0.5, 0.6) is 0 Å². The maximum atomic E-state index is 12.5. The number of nitrogens with zero attached hydrogens (tertiary/aromatic N) is 2. The molecular formula is C9H4F3N3. The summed E-state index contributed by atoms with van der Waals surface area (Å²) in [6, 6.07) is 3.76. The van der Waals surface area contributed by atoms with Crippen molar-refractivity contribution in [3.8, 4) is 6.07 Å². The third-order valence-corrected chi connectivity index (χ3v) is 1.96. The van der Waals surface area contributed by atoms with Crippen molar-refractivity contribution in [1.29, 1.82) is 5.26 Å². The van der Waals surface area contributed by atoms with Crippen molar-refractivity contribution in [2.24, 2.45) is 0 Å². The predicted molar refractivity (Wildman–Crippen MR) is 45.8 cm³/mol. The lowest BCUT2D eigenvalue weighted by Gasteiger charge is -2.06. The number of hydrogen-bond acceptors (Lipinski definition) is 2. The zero-order valence-electron chi connectivity index (χ0n) is 7.26. The Bertz CT molecular complexity index is 548. The molecule has 0 aromatic carbocycles. The molecule has 0 spiro atoms. The molecule has 0 saturated heterocycles. The Labute approximate surface area is 82.2 Å². The first kappa shape index (κ1) is 9.52. The molecule has 0 aliphatic rings. The summed E-state index contributed by atoms with van der Waals surface area (Å²) >= 11 is 0. The molecule has 0 radical (unpaired) electrons. The number of aromatic nitrogens is 2. The van der Waals surface area contributed by atoms with Crippen LogP contribution in [0.4, 0.5) is 13.2 Å². The molecule has 2 aromatic heterocycles. The fraction of sp³-hybridized carbons (Fsp3) is 0.111. The monoisotopic (exact) mass is 211 g/mol. The van der Waals surface area contributed by atoms with Gasteiger partial charge in [0, 0.05) is 11.6 Å². The summed E-state index contributed by atoms with van der Waals surface area (Å²) in [4.78, 5) is 6.20. The van der Waals surface area contributed by atoms with Gasteiger partial charge in [0.2, 0.25) is 0 Å². The van der Waals surface area contributed by atoms with E-state index in [1.807, 2.05) is 0 Å². The van der Waals surface area contributed by atoms with Crippen molar-refractivity contribution >= 4 is 11.0 Å².